The van der Waals surface area contributed by atoms with Crippen molar-refractivity contribution in [3.8, 4) is 0 Å². The highest BCUT2D eigenvalue weighted by Gasteiger charge is 2.14. The molecule has 2 rings (SSSR count). The van der Waals surface area contributed by atoms with Crippen molar-refractivity contribution in [2.45, 2.75) is 10.1 Å². The van der Waals surface area contributed by atoms with Gasteiger partial charge < -0.3 is 5.11 Å². The highest BCUT2D eigenvalue weighted by Crippen LogP contribution is 2.30. The summed E-state index contributed by atoms with van der Waals surface area (Å²) in [5, 5.41) is 20.9. The number of carbonyl (C=O) groups is 1. The fourth-order valence-corrected chi connectivity index (χ4v) is 2.29. The SMILES string of the molecule is Cn1nnnc1Sc1cc(Cl)ccc1C(=O)O. The van der Waals surface area contributed by atoms with Gasteiger partial charge in [-0.05, 0) is 40.4 Å². The predicted octanol–water partition coefficient (Wildman–Crippen LogP) is 1.71. The van der Waals surface area contributed by atoms with Gasteiger partial charge in [0.1, 0.15) is 0 Å². The summed E-state index contributed by atoms with van der Waals surface area (Å²) in [6, 6.07) is 4.56. The first kappa shape index (κ1) is 11.9. The van der Waals surface area contributed by atoms with E-state index >= 15 is 0 Å². The number of aromatic nitrogens is 4. The first-order valence-corrected chi connectivity index (χ1v) is 5.70. The Labute approximate surface area is 106 Å². The lowest BCUT2D eigenvalue weighted by Crippen LogP contribution is -2.00. The molecule has 0 radical (unpaired) electrons. The molecule has 0 saturated carbocycles. The summed E-state index contributed by atoms with van der Waals surface area (Å²) in [4.78, 5) is 11.5. The van der Waals surface area contributed by atoms with E-state index in [4.69, 9.17) is 16.7 Å². The van der Waals surface area contributed by atoms with E-state index in [1.165, 1.54) is 16.8 Å². The molecule has 0 spiro atoms. The minimum absolute atomic E-state index is 0.169. The van der Waals surface area contributed by atoms with Crippen molar-refractivity contribution in [3.63, 3.8) is 0 Å². The molecule has 1 aromatic carbocycles. The number of carboxylic acid groups (broad SMARTS) is 1. The van der Waals surface area contributed by atoms with Crippen LogP contribution in [0.5, 0.6) is 0 Å². The van der Waals surface area contributed by atoms with Crippen molar-refractivity contribution >= 4 is 29.3 Å². The second-order valence-electron chi connectivity index (χ2n) is 3.13. The van der Waals surface area contributed by atoms with Crippen LogP contribution >= 0.6 is 23.4 Å². The molecule has 0 aliphatic heterocycles. The van der Waals surface area contributed by atoms with Gasteiger partial charge in [0, 0.05) is 17.0 Å². The number of rotatable bonds is 3. The van der Waals surface area contributed by atoms with Crippen LogP contribution in [0, 0.1) is 0 Å². The van der Waals surface area contributed by atoms with Crippen molar-refractivity contribution in [2.75, 3.05) is 0 Å². The summed E-state index contributed by atoms with van der Waals surface area (Å²) in [6.45, 7) is 0. The van der Waals surface area contributed by atoms with Crippen LogP contribution in [-0.2, 0) is 7.05 Å². The molecular formula is C9H7ClN4O2S. The number of halogens is 1. The molecule has 8 heteroatoms. The van der Waals surface area contributed by atoms with Crippen molar-refractivity contribution in [3.05, 3.63) is 28.8 Å². The lowest BCUT2D eigenvalue weighted by atomic mass is 10.2. The topological polar surface area (TPSA) is 80.9 Å². The number of aromatic carboxylic acids is 1. The summed E-state index contributed by atoms with van der Waals surface area (Å²) < 4.78 is 1.46. The van der Waals surface area contributed by atoms with Crippen LogP contribution in [0.4, 0.5) is 0 Å². The van der Waals surface area contributed by atoms with E-state index in [0.29, 0.717) is 15.1 Å². The van der Waals surface area contributed by atoms with Crippen LogP contribution in [0.25, 0.3) is 0 Å². The summed E-state index contributed by atoms with van der Waals surface area (Å²) in [5.41, 5.74) is 0.169. The molecule has 0 fully saturated rings. The molecule has 88 valence electrons. The van der Waals surface area contributed by atoms with Crippen LogP contribution in [0.3, 0.4) is 0 Å². The number of aryl methyl sites for hydroxylation is 1. The minimum atomic E-state index is -1.01. The van der Waals surface area contributed by atoms with E-state index in [2.05, 4.69) is 15.5 Å². The molecule has 1 N–H and O–H groups in total. The molecular weight excluding hydrogens is 264 g/mol. The highest BCUT2D eigenvalue weighted by molar-refractivity contribution is 7.99. The molecule has 0 unspecified atom stereocenters. The molecule has 0 bridgehead atoms. The van der Waals surface area contributed by atoms with E-state index in [9.17, 15) is 4.79 Å². The van der Waals surface area contributed by atoms with Gasteiger partial charge in [0.05, 0.1) is 5.56 Å². The maximum Gasteiger partial charge on any atom is 0.336 e. The predicted molar refractivity (Wildman–Crippen MR) is 61.3 cm³/mol. The number of benzene rings is 1. The first-order chi connectivity index (χ1) is 8.08. The van der Waals surface area contributed by atoms with Crippen molar-refractivity contribution < 1.29 is 9.90 Å². The molecule has 0 amide bonds. The molecule has 17 heavy (non-hydrogen) atoms. The van der Waals surface area contributed by atoms with E-state index in [-0.39, 0.29) is 5.56 Å². The van der Waals surface area contributed by atoms with Gasteiger partial charge in [-0.2, -0.15) is 0 Å². The fourth-order valence-electron chi connectivity index (χ4n) is 1.16. The second-order valence-corrected chi connectivity index (χ2v) is 4.58. The third-order valence-corrected chi connectivity index (χ3v) is 3.28. The van der Waals surface area contributed by atoms with Crippen LogP contribution in [-0.4, -0.2) is 31.3 Å². The van der Waals surface area contributed by atoms with E-state index < -0.39 is 5.97 Å². The lowest BCUT2D eigenvalue weighted by molar-refractivity contribution is 0.0693. The molecule has 0 saturated heterocycles. The van der Waals surface area contributed by atoms with E-state index in [0.717, 1.165) is 11.8 Å². The van der Waals surface area contributed by atoms with Gasteiger partial charge in [-0.15, -0.1) is 5.10 Å². The van der Waals surface area contributed by atoms with Crippen LogP contribution in [0.2, 0.25) is 5.02 Å². The largest absolute Gasteiger partial charge is 0.478 e. The van der Waals surface area contributed by atoms with E-state index in [1.807, 2.05) is 0 Å². The molecule has 1 heterocycles. The first-order valence-electron chi connectivity index (χ1n) is 4.51. The Balaban J connectivity index is 2.41. The quantitative estimate of drug-likeness (QED) is 0.914. The van der Waals surface area contributed by atoms with Crippen molar-refractivity contribution in [1.29, 1.82) is 0 Å². The average molecular weight is 271 g/mol. The van der Waals surface area contributed by atoms with Crippen molar-refractivity contribution in [2.24, 2.45) is 7.05 Å². The number of tetrazole rings is 1. The number of hydrogen-bond acceptors (Lipinski definition) is 5. The monoisotopic (exact) mass is 270 g/mol. The standard InChI is InChI=1S/C9H7ClN4O2S/c1-14-9(11-12-13-14)17-7-4-5(10)2-3-6(7)8(15)16/h2-4H,1H3,(H,15,16). The zero-order chi connectivity index (χ0) is 12.4. The number of nitrogens with zero attached hydrogens (tertiary/aromatic N) is 4. The van der Waals surface area contributed by atoms with Gasteiger partial charge >= 0.3 is 5.97 Å². The van der Waals surface area contributed by atoms with Crippen LogP contribution in [0.1, 0.15) is 10.4 Å². The Morgan fingerprint density at radius 1 is 1.53 bits per heavy atom. The minimum Gasteiger partial charge on any atom is -0.478 e. The number of carboxylic acids is 1. The molecule has 6 nitrogen and oxygen atoms in total. The zero-order valence-corrected chi connectivity index (χ0v) is 10.2. The summed E-state index contributed by atoms with van der Waals surface area (Å²) >= 11 is 6.99. The Bertz CT molecular complexity index is 572. The maximum absolute atomic E-state index is 11.0. The zero-order valence-electron chi connectivity index (χ0n) is 8.66. The molecule has 1 aromatic heterocycles. The fraction of sp³-hybridized carbons (Fsp3) is 0.111. The average Bonchev–Trinajstić information content (AvgIpc) is 2.64. The van der Waals surface area contributed by atoms with Gasteiger partial charge in [-0.3, -0.25) is 0 Å². The molecule has 0 atom stereocenters. The third kappa shape index (κ3) is 2.56. The second kappa shape index (κ2) is 4.72. The van der Waals surface area contributed by atoms with Crippen molar-refractivity contribution in [1.82, 2.24) is 20.2 Å². The summed E-state index contributed by atoms with van der Waals surface area (Å²) in [6.07, 6.45) is 0. The van der Waals surface area contributed by atoms with Crippen LogP contribution in [0.15, 0.2) is 28.3 Å². The smallest absolute Gasteiger partial charge is 0.336 e. The molecule has 0 aliphatic carbocycles. The third-order valence-electron chi connectivity index (χ3n) is 1.96. The lowest BCUT2D eigenvalue weighted by Gasteiger charge is -2.04. The maximum atomic E-state index is 11.0. The summed E-state index contributed by atoms with van der Waals surface area (Å²) in [5.74, 6) is -1.01. The Hall–Kier alpha value is -1.60. The Morgan fingerprint density at radius 3 is 2.88 bits per heavy atom. The highest BCUT2D eigenvalue weighted by atomic mass is 35.5. The summed E-state index contributed by atoms with van der Waals surface area (Å²) in [7, 11) is 1.67. The van der Waals surface area contributed by atoms with Gasteiger partial charge in [-0.1, -0.05) is 11.6 Å². The molecule has 0 aliphatic rings. The number of hydrogen-bond donors (Lipinski definition) is 1. The van der Waals surface area contributed by atoms with E-state index in [1.54, 1.807) is 13.1 Å². The van der Waals surface area contributed by atoms with Gasteiger partial charge in [0.25, 0.3) is 0 Å². The normalized spacial score (nSPS) is 10.5. The Morgan fingerprint density at radius 2 is 2.29 bits per heavy atom. The van der Waals surface area contributed by atoms with Crippen LogP contribution < -0.4 is 0 Å². The van der Waals surface area contributed by atoms with Gasteiger partial charge in [0.15, 0.2) is 0 Å². The molecule has 2 aromatic rings. The van der Waals surface area contributed by atoms with Gasteiger partial charge in [-0.25, -0.2) is 9.48 Å². The Kier molecular flexibility index (Phi) is 3.30. The van der Waals surface area contributed by atoms with Gasteiger partial charge in [0.2, 0.25) is 5.16 Å².